The smallest absolute Gasteiger partial charge is 0.117 e. The van der Waals surface area contributed by atoms with E-state index in [1.807, 2.05) is 23.9 Å². The zero-order valence-electron chi connectivity index (χ0n) is 11.1. The summed E-state index contributed by atoms with van der Waals surface area (Å²) in [6.45, 7) is 5.16. The minimum Gasteiger partial charge on any atom is -0.468 e. The van der Waals surface area contributed by atoms with Gasteiger partial charge in [-0.1, -0.05) is 6.92 Å². The fourth-order valence-electron chi connectivity index (χ4n) is 1.81. The predicted octanol–water partition coefficient (Wildman–Crippen LogP) is 2.44. The Morgan fingerprint density at radius 1 is 1.53 bits per heavy atom. The van der Waals surface area contributed by atoms with Crippen LogP contribution in [0, 0.1) is 0 Å². The molecule has 1 N–H and O–H groups in total. The molecule has 0 amide bonds. The van der Waals surface area contributed by atoms with Crippen LogP contribution < -0.4 is 5.32 Å². The van der Waals surface area contributed by atoms with Crippen molar-refractivity contribution < 1.29 is 4.42 Å². The van der Waals surface area contributed by atoms with Crippen LogP contribution in [-0.4, -0.2) is 43.1 Å². The van der Waals surface area contributed by atoms with Crippen LogP contribution in [0.15, 0.2) is 22.8 Å². The first-order valence-electron chi connectivity index (χ1n) is 6.20. The van der Waals surface area contributed by atoms with Crippen molar-refractivity contribution in [2.24, 2.45) is 0 Å². The fraction of sp³-hybridized carbons (Fsp3) is 0.692. The van der Waals surface area contributed by atoms with Gasteiger partial charge < -0.3 is 14.6 Å². The van der Waals surface area contributed by atoms with E-state index in [4.69, 9.17) is 4.42 Å². The highest BCUT2D eigenvalue weighted by Crippen LogP contribution is 2.07. The van der Waals surface area contributed by atoms with Gasteiger partial charge in [0.25, 0.3) is 0 Å². The molecule has 0 aliphatic heterocycles. The molecule has 1 heterocycles. The Morgan fingerprint density at radius 2 is 2.35 bits per heavy atom. The molecule has 0 radical (unpaired) electrons. The number of hydrogen-bond donors (Lipinski definition) is 1. The van der Waals surface area contributed by atoms with Crippen molar-refractivity contribution in [2.75, 3.05) is 32.1 Å². The third-order valence-electron chi connectivity index (χ3n) is 2.97. The molecule has 1 rings (SSSR count). The third-order valence-corrected chi connectivity index (χ3v) is 3.69. The van der Waals surface area contributed by atoms with Crippen LogP contribution in [-0.2, 0) is 6.54 Å². The molecular weight excluding hydrogens is 232 g/mol. The van der Waals surface area contributed by atoms with Gasteiger partial charge >= 0.3 is 0 Å². The molecule has 0 bridgehead atoms. The maximum Gasteiger partial charge on any atom is 0.117 e. The van der Waals surface area contributed by atoms with Crippen molar-refractivity contribution in [2.45, 2.75) is 25.9 Å². The average Bonchev–Trinajstić information content (AvgIpc) is 2.84. The molecule has 1 unspecified atom stereocenters. The summed E-state index contributed by atoms with van der Waals surface area (Å²) in [6.07, 6.45) is 5.11. The molecule has 17 heavy (non-hydrogen) atoms. The van der Waals surface area contributed by atoms with Gasteiger partial charge in [-0.2, -0.15) is 11.8 Å². The van der Waals surface area contributed by atoms with E-state index in [9.17, 15) is 0 Å². The lowest BCUT2D eigenvalue weighted by Crippen LogP contribution is -2.38. The highest BCUT2D eigenvalue weighted by atomic mass is 32.2. The summed E-state index contributed by atoms with van der Waals surface area (Å²) in [5.41, 5.74) is 0. The lowest BCUT2D eigenvalue weighted by Gasteiger charge is -2.26. The zero-order valence-corrected chi connectivity index (χ0v) is 11.9. The number of likely N-dealkylation sites (N-methyl/N-ethyl adjacent to an activating group) is 1. The zero-order chi connectivity index (χ0) is 12.5. The summed E-state index contributed by atoms with van der Waals surface area (Å²) < 4.78 is 5.27. The Morgan fingerprint density at radius 3 is 2.94 bits per heavy atom. The standard InChI is InChI=1S/C13H24N2OS/c1-4-12(11-17-3)15(2)8-7-14-10-13-6-5-9-16-13/h5-6,9,12,14H,4,7-8,10-11H2,1-3H3. The number of nitrogens with zero attached hydrogens (tertiary/aromatic N) is 1. The van der Waals surface area contributed by atoms with Crippen LogP contribution >= 0.6 is 11.8 Å². The van der Waals surface area contributed by atoms with E-state index in [0.717, 1.165) is 25.4 Å². The molecule has 0 saturated carbocycles. The molecule has 0 aliphatic carbocycles. The van der Waals surface area contributed by atoms with Crippen LogP contribution in [0.3, 0.4) is 0 Å². The largest absolute Gasteiger partial charge is 0.468 e. The van der Waals surface area contributed by atoms with Gasteiger partial charge in [0, 0.05) is 24.9 Å². The highest BCUT2D eigenvalue weighted by Gasteiger charge is 2.10. The number of hydrogen-bond acceptors (Lipinski definition) is 4. The van der Waals surface area contributed by atoms with Gasteiger partial charge in [-0.15, -0.1) is 0 Å². The minimum absolute atomic E-state index is 0.690. The Hall–Kier alpha value is -0.450. The van der Waals surface area contributed by atoms with E-state index >= 15 is 0 Å². The van der Waals surface area contributed by atoms with Crippen molar-refractivity contribution in [1.82, 2.24) is 10.2 Å². The number of nitrogens with one attached hydrogen (secondary N) is 1. The Bertz CT molecular complexity index is 277. The van der Waals surface area contributed by atoms with Gasteiger partial charge in [0.2, 0.25) is 0 Å². The second-order valence-electron chi connectivity index (χ2n) is 4.25. The lowest BCUT2D eigenvalue weighted by atomic mass is 10.2. The molecule has 0 saturated heterocycles. The van der Waals surface area contributed by atoms with Crippen molar-refractivity contribution in [1.29, 1.82) is 0 Å². The Kier molecular flexibility index (Phi) is 7.40. The molecular formula is C13H24N2OS. The second-order valence-corrected chi connectivity index (χ2v) is 5.16. The van der Waals surface area contributed by atoms with E-state index < -0.39 is 0 Å². The molecule has 0 spiro atoms. The normalized spacial score (nSPS) is 13.2. The van der Waals surface area contributed by atoms with Gasteiger partial charge in [-0.3, -0.25) is 0 Å². The molecule has 4 heteroatoms. The third kappa shape index (κ3) is 5.61. The molecule has 1 aromatic rings. The van der Waals surface area contributed by atoms with Gasteiger partial charge in [-0.05, 0) is 31.9 Å². The van der Waals surface area contributed by atoms with Crippen molar-refractivity contribution in [3.8, 4) is 0 Å². The minimum atomic E-state index is 0.690. The predicted molar refractivity (Wildman–Crippen MR) is 75.5 cm³/mol. The summed E-state index contributed by atoms with van der Waals surface area (Å²) in [7, 11) is 2.21. The molecule has 0 aromatic carbocycles. The van der Waals surface area contributed by atoms with E-state index in [-0.39, 0.29) is 0 Å². The first-order valence-corrected chi connectivity index (χ1v) is 7.59. The summed E-state index contributed by atoms with van der Waals surface area (Å²) in [5.74, 6) is 2.22. The summed E-state index contributed by atoms with van der Waals surface area (Å²) in [5, 5.41) is 3.40. The monoisotopic (exact) mass is 256 g/mol. The van der Waals surface area contributed by atoms with Gasteiger partial charge in [0.05, 0.1) is 12.8 Å². The molecule has 0 aliphatic rings. The van der Waals surface area contributed by atoms with Crippen LogP contribution in [0.1, 0.15) is 19.1 Å². The molecule has 3 nitrogen and oxygen atoms in total. The second kappa shape index (κ2) is 8.61. The van der Waals surface area contributed by atoms with Gasteiger partial charge in [-0.25, -0.2) is 0 Å². The van der Waals surface area contributed by atoms with E-state index in [1.165, 1.54) is 12.2 Å². The highest BCUT2D eigenvalue weighted by molar-refractivity contribution is 7.98. The number of furan rings is 1. The number of thioether (sulfide) groups is 1. The van der Waals surface area contributed by atoms with Crippen LogP contribution in [0.4, 0.5) is 0 Å². The first kappa shape index (κ1) is 14.6. The fourth-order valence-corrected chi connectivity index (χ4v) is 2.69. The van der Waals surface area contributed by atoms with Crippen LogP contribution in [0.5, 0.6) is 0 Å². The van der Waals surface area contributed by atoms with E-state index in [2.05, 4.69) is 30.4 Å². The Labute approximate surface area is 109 Å². The van der Waals surface area contributed by atoms with Gasteiger partial charge in [0.15, 0.2) is 0 Å². The molecule has 1 atom stereocenters. The molecule has 1 aromatic heterocycles. The SMILES string of the molecule is CCC(CSC)N(C)CCNCc1ccco1. The lowest BCUT2D eigenvalue weighted by molar-refractivity contribution is 0.254. The summed E-state index contributed by atoms with van der Waals surface area (Å²) in [4.78, 5) is 2.44. The average molecular weight is 256 g/mol. The number of rotatable bonds is 9. The maximum absolute atomic E-state index is 5.27. The molecule has 0 fully saturated rings. The van der Waals surface area contributed by atoms with Gasteiger partial charge in [0.1, 0.15) is 5.76 Å². The topological polar surface area (TPSA) is 28.4 Å². The van der Waals surface area contributed by atoms with E-state index in [1.54, 1.807) is 6.26 Å². The first-order chi connectivity index (χ1) is 8.27. The van der Waals surface area contributed by atoms with Crippen LogP contribution in [0.25, 0.3) is 0 Å². The maximum atomic E-state index is 5.27. The summed E-state index contributed by atoms with van der Waals surface area (Å²) in [6, 6.07) is 4.61. The summed E-state index contributed by atoms with van der Waals surface area (Å²) >= 11 is 1.92. The quantitative estimate of drug-likeness (QED) is 0.687. The van der Waals surface area contributed by atoms with Crippen LogP contribution in [0.2, 0.25) is 0 Å². The van der Waals surface area contributed by atoms with Crippen molar-refractivity contribution in [3.63, 3.8) is 0 Å². The van der Waals surface area contributed by atoms with E-state index in [0.29, 0.717) is 6.04 Å². The Balaban J connectivity index is 2.12. The van der Waals surface area contributed by atoms with Crippen molar-refractivity contribution >= 4 is 11.8 Å². The molecule has 98 valence electrons. The van der Waals surface area contributed by atoms with Crippen molar-refractivity contribution in [3.05, 3.63) is 24.2 Å².